The molecule has 0 bridgehead atoms. The molecule has 0 saturated heterocycles. The number of rotatable bonds is 5. The molecule has 0 aliphatic heterocycles. The van der Waals surface area contributed by atoms with E-state index in [2.05, 4.69) is 43.4 Å². The van der Waals surface area contributed by atoms with Gasteiger partial charge >= 0.3 is 0 Å². The van der Waals surface area contributed by atoms with Crippen LogP contribution in [-0.2, 0) is 6.42 Å². The average Bonchev–Trinajstić information content (AvgIpc) is 2.43. The fourth-order valence-electron chi connectivity index (χ4n) is 2.35. The van der Waals surface area contributed by atoms with Gasteiger partial charge in [-0.15, -0.1) is 0 Å². The second-order valence-electron chi connectivity index (χ2n) is 5.65. The Balaban J connectivity index is 1.96. The molecule has 2 rings (SSSR count). The number of anilines is 1. The van der Waals surface area contributed by atoms with E-state index in [9.17, 15) is 0 Å². The van der Waals surface area contributed by atoms with Gasteiger partial charge in [-0.1, -0.05) is 53.0 Å². The lowest BCUT2D eigenvalue weighted by Crippen LogP contribution is -2.16. The van der Waals surface area contributed by atoms with E-state index in [1.165, 1.54) is 11.1 Å². The normalized spacial score (nSPS) is 12.2. The Morgan fingerprint density at radius 2 is 1.81 bits per heavy atom. The maximum atomic E-state index is 6.26. The fourth-order valence-corrected chi connectivity index (χ4v) is 2.78. The van der Waals surface area contributed by atoms with E-state index in [-0.39, 0.29) is 0 Å². The van der Waals surface area contributed by atoms with Crippen molar-refractivity contribution in [1.82, 2.24) is 0 Å². The number of benzene rings is 2. The molecule has 2 aromatic carbocycles. The van der Waals surface area contributed by atoms with Gasteiger partial charge in [0, 0.05) is 11.1 Å². The van der Waals surface area contributed by atoms with Crippen LogP contribution in [0.1, 0.15) is 30.0 Å². The molecular weight excluding hydrogens is 301 g/mol. The largest absolute Gasteiger partial charge is 0.381 e. The molecular formula is C18H21Cl2N. The van der Waals surface area contributed by atoms with Crippen LogP contribution < -0.4 is 5.32 Å². The molecule has 21 heavy (non-hydrogen) atoms. The highest BCUT2D eigenvalue weighted by Gasteiger charge is 2.08. The molecule has 3 heteroatoms. The van der Waals surface area contributed by atoms with Gasteiger partial charge in [-0.2, -0.15) is 0 Å². The Labute approximate surface area is 137 Å². The summed E-state index contributed by atoms with van der Waals surface area (Å²) in [5, 5.41) is 4.91. The highest BCUT2D eigenvalue weighted by molar-refractivity contribution is 6.35. The van der Waals surface area contributed by atoms with Crippen LogP contribution in [0.4, 0.5) is 5.69 Å². The zero-order valence-corrected chi connectivity index (χ0v) is 14.2. The zero-order valence-electron chi connectivity index (χ0n) is 12.7. The van der Waals surface area contributed by atoms with Crippen molar-refractivity contribution in [2.45, 2.75) is 39.7 Å². The molecule has 0 fully saturated rings. The van der Waals surface area contributed by atoms with Crippen LogP contribution in [0.2, 0.25) is 10.0 Å². The molecule has 0 aliphatic carbocycles. The van der Waals surface area contributed by atoms with Gasteiger partial charge in [0.05, 0.1) is 10.7 Å². The minimum absolute atomic E-state index is 0.335. The molecule has 1 N–H and O–H groups in total. The van der Waals surface area contributed by atoms with Crippen molar-refractivity contribution in [2.75, 3.05) is 5.32 Å². The van der Waals surface area contributed by atoms with Crippen molar-refractivity contribution >= 4 is 28.9 Å². The van der Waals surface area contributed by atoms with Gasteiger partial charge in [0.1, 0.15) is 0 Å². The molecule has 1 nitrogen and oxygen atoms in total. The summed E-state index contributed by atoms with van der Waals surface area (Å²) < 4.78 is 0. The summed E-state index contributed by atoms with van der Waals surface area (Å²) in [5.41, 5.74) is 4.58. The van der Waals surface area contributed by atoms with E-state index in [0.717, 1.165) is 34.1 Å². The van der Waals surface area contributed by atoms with Crippen molar-refractivity contribution in [3.05, 3.63) is 63.1 Å². The molecule has 0 spiro atoms. The highest BCUT2D eigenvalue weighted by atomic mass is 35.5. The first-order chi connectivity index (χ1) is 9.95. The SMILES string of the molecule is Cc1cccc(CCC(C)Nc2cc(Cl)c(C)cc2Cl)c1. The predicted molar refractivity (Wildman–Crippen MR) is 93.8 cm³/mol. The summed E-state index contributed by atoms with van der Waals surface area (Å²) in [6.45, 7) is 6.25. The lowest BCUT2D eigenvalue weighted by atomic mass is 10.0. The molecule has 0 amide bonds. The number of hydrogen-bond donors (Lipinski definition) is 1. The minimum Gasteiger partial charge on any atom is -0.381 e. The van der Waals surface area contributed by atoms with Gasteiger partial charge in [0.2, 0.25) is 0 Å². The van der Waals surface area contributed by atoms with Crippen molar-refractivity contribution in [2.24, 2.45) is 0 Å². The van der Waals surface area contributed by atoms with Gasteiger partial charge in [0.25, 0.3) is 0 Å². The van der Waals surface area contributed by atoms with Gasteiger partial charge < -0.3 is 5.32 Å². The third-order valence-electron chi connectivity index (χ3n) is 3.60. The Bertz CT molecular complexity index is 623. The molecule has 2 aromatic rings. The zero-order chi connectivity index (χ0) is 15.4. The summed E-state index contributed by atoms with van der Waals surface area (Å²) in [7, 11) is 0. The van der Waals surface area contributed by atoms with E-state index in [1.807, 2.05) is 19.1 Å². The number of aryl methyl sites for hydroxylation is 3. The average molecular weight is 322 g/mol. The summed E-state index contributed by atoms with van der Waals surface area (Å²) in [4.78, 5) is 0. The summed E-state index contributed by atoms with van der Waals surface area (Å²) in [6.07, 6.45) is 2.10. The van der Waals surface area contributed by atoms with Gasteiger partial charge in [-0.05, 0) is 56.9 Å². The standard InChI is InChI=1S/C18H21Cl2N/c1-12-5-4-6-15(9-12)8-7-14(3)21-18-11-16(19)13(2)10-17(18)20/h4-6,9-11,14,21H,7-8H2,1-3H3. The molecule has 0 saturated carbocycles. The van der Waals surface area contributed by atoms with Crippen LogP contribution in [0.5, 0.6) is 0 Å². The Morgan fingerprint density at radius 1 is 1.05 bits per heavy atom. The first-order valence-electron chi connectivity index (χ1n) is 7.23. The molecule has 112 valence electrons. The topological polar surface area (TPSA) is 12.0 Å². The maximum Gasteiger partial charge on any atom is 0.0641 e. The number of hydrogen-bond acceptors (Lipinski definition) is 1. The van der Waals surface area contributed by atoms with Crippen LogP contribution >= 0.6 is 23.2 Å². The smallest absolute Gasteiger partial charge is 0.0641 e. The molecule has 1 atom stereocenters. The predicted octanol–water partition coefficient (Wildman–Crippen LogP) is 6.04. The molecule has 0 aromatic heterocycles. The second-order valence-corrected chi connectivity index (χ2v) is 6.47. The number of nitrogens with one attached hydrogen (secondary N) is 1. The quantitative estimate of drug-likeness (QED) is 0.707. The molecule has 0 heterocycles. The van der Waals surface area contributed by atoms with Crippen LogP contribution in [0, 0.1) is 13.8 Å². The van der Waals surface area contributed by atoms with E-state index in [0.29, 0.717) is 6.04 Å². The third kappa shape index (κ3) is 4.66. The van der Waals surface area contributed by atoms with Gasteiger partial charge in [0.15, 0.2) is 0 Å². The summed E-state index contributed by atoms with van der Waals surface area (Å²) in [5.74, 6) is 0. The Morgan fingerprint density at radius 3 is 2.52 bits per heavy atom. The number of halogens is 2. The molecule has 0 radical (unpaired) electrons. The van der Waals surface area contributed by atoms with E-state index in [4.69, 9.17) is 23.2 Å². The molecule has 0 aliphatic rings. The van der Waals surface area contributed by atoms with Gasteiger partial charge in [-0.3, -0.25) is 0 Å². The fraction of sp³-hybridized carbons (Fsp3) is 0.333. The summed E-state index contributed by atoms with van der Waals surface area (Å²) in [6, 6.07) is 12.8. The summed E-state index contributed by atoms with van der Waals surface area (Å²) >= 11 is 12.4. The van der Waals surface area contributed by atoms with Crippen molar-refractivity contribution in [3.63, 3.8) is 0 Å². The van der Waals surface area contributed by atoms with Crippen LogP contribution in [0.3, 0.4) is 0 Å². The van der Waals surface area contributed by atoms with Crippen LogP contribution in [0.25, 0.3) is 0 Å². The van der Waals surface area contributed by atoms with E-state index in [1.54, 1.807) is 0 Å². The Hall–Kier alpha value is -1.18. The minimum atomic E-state index is 0.335. The van der Waals surface area contributed by atoms with Crippen molar-refractivity contribution in [1.29, 1.82) is 0 Å². The second kappa shape index (κ2) is 7.20. The Kier molecular flexibility index (Phi) is 5.55. The van der Waals surface area contributed by atoms with Crippen molar-refractivity contribution < 1.29 is 0 Å². The monoisotopic (exact) mass is 321 g/mol. The maximum absolute atomic E-state index is 6.26. The lowest BCUT2D eigenvalue weighted by molar-refractivity contribution is 0.706. The third-order valence-corrected chi connectivity index (χ3v) is 4.32. The first-order valence-corrected chi connectivity index (χ1v) is 7.99. The first kappa shape index (κ1) is 16.2. The lowest BCUT2D eigenvalue weighted by Gasteiger charge is -2.17. The van der Waals surface area contributed by atoms with Crippen LogP contribution in [-0.4, -0.2) is 6.04 Å². The molecule has 1 unspecified atom stereocenters. The van der Waals surface area contributed by atoms with Gasteiger partial charge in [-0.25, -0.2) is 0 Å². The highest BCUT2D eigenvalue weighted by Crippen LogP contribution is 2.29. The van der Waals surface area contributed by atoms with Crippen LogP contribution in [0.15, 0.2) is 36.4 Å². The van der Waals surface area contributed by atoms with E-state index >= 15 is 0 Å². The van der Waals surface area contributed by atoms with E-state index < -0.39 is 0 Å². The van der Waals surface area contributed by atoms with Crippen molar-refractivity contribution in [3.8, 4) is 0 Å².